The molecular formula is C14H16N2O4S. The molecule has 1 aliphatic carbocycles. The van der Waals surface area contributed by atoms with Gasteiger partial charge in [-0.05, 0) is 31.0 Å². The molecule has 1 amide bonds. The van der Waals surface area contributed by atoms with Gasteiger partial charge in [0, 0.05) is 0 Å². The quantitative estimate of drug-likeness (QED) is 0.885. The predicted octanol–water partition coefficient (Wildman–Crippen LogP) is 1.32. The van der Waals surface area contributed by atoms with Gasteiger partial charge in [-0.1, -0.05) is 18.9 Å². The average Bonchev–Trinajstić information content (AvgIpc) is 2.98. The van der Waals surface area contributed by atoms with E-state index in [1.807, 2.05) is 10.8 Å². The molecule has 2 rings (SSSR count). The normalized spacial score (nSPS) is 15.6. The first-order valence-corrected chi connectivity index (χ1v) is 8.17. The molecular weight excluding hydrogens is 292 g/mol. The van der Waals surface area contributed by atoms with Crippen molar-refractivity contribution in [1.29, 1.82) is 5.26 Å². The fraction of sp³-hybridized carbons (Fsp3) is 0.429. The van der Waals surface area contributed by atoms with Crippen LogP contribution in [-0.4, -0.2) is 27.0 Å². The van der Waals surface area contributed by atoms with Gasteiger partial charge >= 0.3 is 0 Å². The summed E-state index contributed by atoms with van der Waals surface area (Å²) in [7, 11) is -3.97. The van der Waals surface area contributed by atoms with E-state index in [4.69, 9.17) is 10.00 Å². The summed E-state index contributed by atoms with van der Waals surface area (Å²) in [5, 5.41) is 8.76. The van der Waals surface area contributed by atoms with Gasteiger partial charge in [0.15, 0.2) is 0 Å². The smallest absolute Gasteiger partial charge is 0.264 e. The monoisotopic (exact) mass is 308 g/mol. The Balaban J connectivity index is 1.96. The standard InChI is InChI=1S/C14H16N2O4S/c15-9-11-4-3-7-13(8-11)21(18,19)16-14(17)10-20-12-5-1-2-6-12/h3-4,7-8,12H,1-2,5-6,10H2,(H,16,17). The Morgan fingerprint density at radius 3 is 2.76 bits per heavy atom. The van der Waals surface area contributed by atoms with Crippen molar-refractivity contribution < 1.29 is 17.9 Å². The lowest BCUT2D eigenvalue weighted by molar-refractivity contribution is -0.125. The van der Waals surface area contributed by atoms with E-state index in [1.165, 1.54) is 24.3 Å². The van der Waals surface area contributed by atoms with Crippen LogP contribution in [0.15, 0.2) is 29.2 Å². The topological polar surface area (TPSA) is 96.3 Å². The lowest BCUT2D eigenvalue weighted by Gasteiger charge is -2.11. The van der Waals surface area contributed by atoms with E-state index in [-0.39, 0.29) is 23.2 Å². The molecule has 1 saturated carbocycles. The number of nitriles is 1. The summed E-state index contributed by atoms with van der Waals surface area (Å²) in [5.41, 5.74) is 0.215. The summed E-state index contributed by atoms with van der Waals surface area (Å²) in [6, 6.07) is 7.34. The minimum absolute atomic E-state index is 0.0420. The third kappa shape index (κ3) is 4.28. The average molecular weight is 308 g/mol. The third-order valence-corrected chi connectivity index (χ3v) is 4.64. The Labute approximate surface area is 123 Å². The molecule has 0 unspecified atom stereocenters. The Morgan fingerprint density at radius 2 is 2.10 bits per heavy atom. The van der Waals surface area contributed by atoms with E-state index in [0.29, 0.717) is 0 Å². The van der Waals surface area contributed by atoms with Crippen LogP contribution in [0.4, 0.5) is 0 Å². The fourth-order valence-electron chi connectivity index (χ4n) is 2.22. The summed E-state index contributed by atoms with van der Waals surface area (Å²) in [5.74, 6) is -0.704. The van der Waals surface area contributed by atoms with Crippen molar-refractivity contribution in [3.8, 4) is 6.07 Å². The highest BCUT2D eigenvalue weighted by Crippen LogP contribution is 2.20. The van der Waals surface area contributed by atoms with Crippen molar-refractivity contribution >= 4 is 15.9 Å². The molecule has 1 aromatic rings. The maximum absolute atomic E-state index is 12.0. The SMILES string of the molecule is N#Cc1cccc(S(=O)(=O)NC(=O)COC2CCCC2)c1. The second-order valence-electron chi connectivity index (χ2n) is 4.89. The molecule has 7 heteroatoms. The highest BCUT2D eigenvalue weighted by Gasteiger charge is 2.20. The van der Waals surface area contributed by atoms with Crippen LogP contribution in [0.5, 0.6) is 0 Å². The number of carbonyl (C=O) groups is 1. The zero-order chi connectivity index (χ0) is 15.3. The van der Waals surface area contributed by atoms with E-state index in [1.54, 1.807) is 0 Å². The Kier molecular flexibility index (Phi) is 4.94. The highest BCUT2D eigenvalue weighted by atomic mass is 32.2. The number of sulfonamides is 1. The van der Waals surface area contributed by atoms with E-state index >= 15 is 0 Å². The predicted molar refractivity (Wildman–Crippen MR) is 74.7 cm³/mol. The first kappa shape index (κ1) is 15.5. The van der Waals surface area contributed by atoms with E-state index in [9.17, 15) is 13.2 Å². The molecule has 0 radical (unpaired) electrons. The Morgan fingerprint density at radius 1 is 1.38 bits per heavy atom. The largest absolute Gasteiger partial charge is 0.368 e. The van der Waals surface area contributed by atoms with Gasteiger partial charge in [0.05, 0.1) is 22.6 Å². The molecule has 0 aliphatic heterocycles. The molecule has 21 heavy (non-hydrogen) atoms. The third-order valence-electron chi connectivity index (χ3n) is 3.27. The molecule has 1 fully saturated rings. The molecule has 0 atom stereocenters. The number of nitrogens with zero attached hydrogens (tertiary/aromatic N) is 1. The number of hydrogen-bond donors (Lipinski definition) is 1. The molecule has 0 spiro atoms. The first-order valence-electron chi connectivity index (χ1n) is 6.69. The summed E-state index contributed by atoms with van der Waals surface area (Å²) >= 11 is 0. The summed E-state index contributed by atoms with van der Waals surface area (Å²) in [6.07, 6.45) is 4.01. The van der Waals surface area contributed by atoms with Crippen LogP contribution >= 0.6 is 0 Å². The molecule has 0 bridgehead atoms. The second kappa shape index (κ2) is 6.70. The van der Waals surface area contributed by atoms with Crippen LogP contribution in [-0.2, 0) is 19.6 Å². The van der Waals surface area contributed by atoms with E-state index < -0.39 is 15.9 Å². The molecule has 0 heterocycles. The van der Waals surface area contributed by atoms with Crippen LogP contribution < -0.4 is 4.72 Å². The molecule has 1 N–H and O–H groups in total. The zero-order valence-electron chi connectivity index (χ0n) is 11.4. The first-order chi connectivity index (χ1) is 10.0. The van der Waals surface area contributed by atoms with Crippen LogP contribution in [0.1, 0.15) is 31.2 Å². The summed E-state index contributed by atoms with van der Waals surface area (Å²) < 4.78 is 31.3. The van der Waals surface area contributed by atoms with Gasteiger partial charge in [-0.3, -0.25) is 4.79 Å². The molecule has 0 saturated heterocycles. The number of carbonyl (C=O) groups excluding carboxylic acids is 1. The van der Waals surface area contributed by atoms with Gasteiger partial charge < -0.3 is 4.74 Å². The van der Waals surface area contributed by atoms with Crippen LogP contribution in [0.25, 0.3) is 0 Å². The van der Waals surface area contributed by atoms with Gasteiger partial charge in [-0.15, -0.1) is 0 Å². The summed E-state index contributed by atoms with van der Waals surface area (Å²) in [6.45, 7) is -0.276. The van der Waals surface area contributed by atoms with Crippen molar-refractivity contribution in [2.24, 2.45) is 0 Å². The number of ether oxygens (including phenoxy) is 1. The summed E-state index contributed by atoms with van der Waals surface area (Å²) in [4.78, 5) is 11.5. The van der Waals surface area contributed by atoms with Crippen LogP contribution in [0.3, 0.4) is 0 Å². The van der Waals surface area contributed by atoms with Gasteiger partial charge in [0.25, 0.3) is 15.9 Å². The molecule has 112 valence electrons. The number of hydrogen-bond acceptors (Lipinski definition) is 5. The fourth-order valence-corrected chi connectivity index (χ4v) is 3.24. The lowest BCUT2D eigenvalue weighted by Crippen LogP contribution is -2.34. The minimum atomic E-state index is -3.97. The Bertz CT molecular complexity index is 658. The van der Waals surface area contributed by atoms with E-state index in [0.717, 1.165) is 25.7 Å². The van der Waals surface area contributed by atoms with Gasteiger partial charge in [-0.25, -0.2) is 13.1 Å². The number of benzene rings is 1. The highest BCUT2D eigenvalue weighted by molar-refractivity contribution is 7.90. The number of rotatable bonds is 5. The van der Waals surface area contributed by atoms with Crippen molar-refractivity contribution in [3.05, 3.63) is 29.8 Å². The molecule has 6 nitrogen and oxygen atoms in total. The van der Waals surface area contributed by atoms with Crippen LogP contribution in [0.2, 0.25) is 0 Å². The van der Waals surface area contributed by atoms with Gasteiger partial charge in [0.1, 0.15) is 6.61 Å². The van der Waals surface area contributed by atoms with Crippen LogP contribution in [0, 0.1) is 11.3 Å². The zero-order valence-corrected chi connectivity index (χ0v) is 12.2. The lowest BCUT2D eigenvalue weighted by atomic mass is 10.2. The molecule has 1 aliphatic rings. The van der Waals surface area contributed by atoms with Crippen molar-refractivity contribution in [1.82, 2.24) is 4.72 Å². The molecule has 1 aromatic carbocycles. The van der Waals surface area contributed by atoms with Gasteiger partial charge in [0.2, 0.25) is 0 Å². The van der Waals surface area contributed by atoms with Gasteiger partial charge in [-0.2, -0.15) is 5.26 Å². The minimum Gasteiger partial charge on any atom is -0.368 e. The second-order valence-corrected chi connectivity index (χ2v) is 6.57. The number of amides is 1. The van der Waals surface area contributed by atoms with Crippen molar-refractivity contribution in [2.45, 2.75) is 36.7 Å². The number of nitrogens with one attached hydrogen (secondary N) is 1. The van der Waals surface area contributed by atoms with E-state index in [2.05, 4.69) is 0 Å². The molecule has 0 aromatic heterocycles. The maximum Gasteiger partial charge on any atom is 0.264 e. The van der Waals surface area contributed by atoms with Crippen molar-refractivity contribution in [2.75, 3.05) is 6.61 Å². The Hall–Kier alpha value is -1.91. The van der Waals surface area contributed by atoms with Crippen molar-refractivity contribution in [3.63, 3.8) is 0 Å². The maximum atomic E-state index is 12.0.